The highest BCUT2D eigenvalue weighted by atomic mass is 32.2. The lowest BCUT2D eigenvalue weighted by molar-refractivity contribution is -0.120. The molecule has 1 amide bonds. The maximum atomic E-state index is 11.0. The van der Waals surface area contributed by atoms with Gasteiger partial charge in [0, 0.05) is 55.4 Å². The number of amides is 1. The van der Waals surface area contributed by atoms with E-state index < -0.39 is 10.8 Å². The van der Waals surface area contributed by atoms with E-state index >= 15 is 0 Å². The largest absolute Gasteiger partial charge is 0.359 e. The maximum Gasteiger partial charge on any atom is 0.221 e. The molecule has 0 aromatic heterocycles. The SMILES string of the molecule is CNC(=O)CCN1CCS(=O)CC1. The number of carbonyl (C=O) groups excluding carboxylic acids is 1. The van der Waals surface area contributed by atoms with Gasteiger partial charge in [-0.1, -0.05) is 0 Å². The van der Waals surface area contributed by atoms with Gasteiger partial charge in [0.1, 0.15) is 0 Å². The molecule has 0 spiro atoms. The lowest BCUT2D eigenvalue weighted by atomic mass is 10.3. The van der Waals surface area contributed by atoms with Crippen LogP contribution in [0.2, 0.25) is 0 Å². The molecule has 0 unspecified atom stereocenters. The van der Waals surface area contributed by atoms with Crippen molar-refractivity contribution < 1.29 is 9.00 Å². The quantitative estimate of drug-likeness (QED) is 0.654. The molecule has 1 fully saturated rings. The Labute approximate surface area is 81.1 Å². The number of nitrogens with one attached hydrogen (secondary N) is 1. The van der Waals surface area contributed by atoms with Crippen molar-refractivity contribution in [3.63, 3.8) is 0 Å². The third kappa shape index (κ3) is 3.87. The van der Waals surface area contributed by atoms with Crippen LogP contribution < -0.4 is 5.32 Å². The molecule has 76 valence electrons. The van der Waals surface area contributed by atoms with Gasteiger partial charge in [-0.2, -0.15) is 0 Å². The Morgan fingerprint density at radius 2 is 2.08 bits per heavy atom. The number of carbonyl (C=O) groups is 1. The van der Waals surface area contributed by atoms with Gasteiger partial charge in [0.05, 0.1) is 0 Å². The molecule has 1 heterocycles. The second kappa shape index (κ2) is 5.34. The fourth-order valence-corrected chi connectivity index (χ4v) is 2.41. The second-order valence-corrected chi connectivity index (χ2v) is 4.81. The Balaban J connectivity index is 2.15. The Morgan fingerprint density at radius 1 is 1.46 bits per heavy atom. The molecule has 1 aliphatic heterocycles. The van der Waals surface area contributed by atoms with Crippen molar-refractivity contribution >= 4 is 16.7 Å². The molecule has 1 saturated heterocycles. The van der Waals surface area contributed by atoms with Crippen LogP contribution in [-0.2, 0) is 15.6 Å². The van der Waals surface area contributed by atoms with Gasteiger partial charge >= 0.3 is 0 Å². The van der Waals surface area contributed by atoms with E-state index in [-0.39, 0.29) is 5.91 Å². The van der Waals surface area contributed by atoms with Gasteiger partial charge in [0.15, 0.2) is 0 Å². The van der Waals surface area contributed by atoms with E-state index in [1.165, 1.54) is 0 Å². The maximum absolute atomic E-state index is 11.0. The molecule has 0 radical (unpaired) electrons. The van der Waals surface area contributed by atoms with Gasteiger partial charge in [-0.25, -0.2) is 0 Å². The summed E-state index contributed by atoms with van der Waals surface area (Å²) in [6.45, 7) is 2.52. The molecule has 1 N–H and O–H groups in total. The van der Waals surface area contributed by atoms with Crippen molar-refractivity contribution in [3.8, 4) is 0 Å². The summed E-state index contributed by atoms with van der Waals surface area (Å²) in [5.74, 6) is 1.59. The molecule has 13 heavy (non-hydrogen) atoms. The summed E-state index contributed by atoms with van der Waals surface area (Å²) in [4.78, 5) is 13.1. The van der Waals surface area contributed by atoms with Crippen LogP contribution in [-0.4, -0.2) is 53.2 Å². The lowest BCUT2D eigenvalue weighted by Crippen LogP contribution is -2.39. The van der Waals surface area contributed by atoms with Crippen LogP contribution in [0.1, 0.15) is 6.42 Å². The highest BCUT2D eigenvalue weighted by Crippen LogP contribution is 2.00. The predicted octanol–water partition coefficient (Wildman–Crippen LogP) is -0.813. The fraction of sp³-hybridized carbons (Fsp3) is 0.875. The first kappa shape index (κ1) is 10.7. The Morgan fingerprint density at radius 3 is 2.62 bits per heavy atom. The minimum absolute atomic E-state index is 0.0756. The summed E-state index contributed by atoms with van der Waals surface area (Å²) in [5, 5.41) is 2.59. The molecular formula is C8H16N2O2S. The lowest BCUT2D eigenvalue weighted by Gasteiger charge is -2.25. The molecule has 0 aromatic carbocycles. The average Bonchev–Trinajstić information content (AvgIpc) is 2.16. The number of nitrogens with zero attached hydrogens (tertiary/aromatic N) is 1. The van der Waals surface area contributed by atoms with E-state index in [0.29, 0.717) is 6.42 Å². The van der Waals surface area contributed by atoms with Crippen LogP contribution in [0.25, 0.3) is 0 Å². The zero-order valence-electron chi connectivity index (χ0n) is 7.91. The fourth-order valence-electron chi connectivity index (χ4n) is 1.28. The van der Waals surface area contributed by atoms with Crippen LogP contribution >= 0.6 is 0 Å². The standard InChI is InChI=1S/C8H16N2O2S/c1-9-8(11)2-3-10-4-6-13(12)7-5-10/h2-7H2,1H3,(H,9,11). The first-order chi connectivity index (χ1) is 6.22. The predicted molar refractivity (Wildman–Crippen MR) is 53.0 cm³/mol. The molecule has 0 bridgehead atoms. The Bertz CT molecular complexity index is 198. The van der Waals surface area contributed by atoms with Crippen LogP contribution in [0.3, 0.4) is 0 Å². The highest BCUT2D eigenvalue weighted by molar-refractivity contribution is 7.85. The summed E-state index contributed by atoms with van der Waals surface area (Å²) >= 11 is 0. The van der Waals surface area contributed by atoms with Crippen LogP contribution in [0.5, 0.6) is 0 Å². The Hall–Kier alpha value is -0.420. The average molecular weight is 204 g/mol. The Kier molecular flexibility index (Phi) is 4.38. The second-order valence-electron chi connectivity index (χ2n) is 3.11. The molecule has 0 atom stereocenters. The third-order valence-electron chi connectivity index (χ3n) is 2.20. The van der Waals surface area contributed by atoms with Gasteiger partial charge in [-0.3, -0.25) is 9.00 Å². The zero-order valence-corrected chi connectivity index (χ0v) is 8.73. The van der Waals surface area contributed by atoms with Crippen LogP contribution in [0.15, 0.2) is 0 Å². The van der Waals surface area contributed by atoms with Gasteiger partial charge in [0.25, 0.3) is 0 Å². The zero-order chi connectivity index (χ0) is 9.68. The summed E-state index contributed by atoms with van der Waals surface area (Å²) in [6, 6.07) is 0. The number of rotatable bonds is 3. The van der Waals surface area contributed by atoms with E-state index in [2.05, 4.69) is 10.2 Å². The van der Waals surface area contributed by atoms with Crippen molar-refractivity contribution in [2.75, 3.05) is 38.2 Å². The molecule has 1 rings (SSSR count). The van der Waals surface area contributed by atoms with Crippen molar-refractivity contribution in [2.24, 2.45) is 0 Å². The summed E-state index contributed by atoms with van der Waals surface area (Å²) in [5.41, 5.74) is 0. The molecule has 0 aliphatic carbocycles. The van der Waals surface area contributed by atoms with Crippen molar-refractivity contribution in [1.82, 2.24) is 10.2 Å². The molecule has 4 nitrogen and oxygen atoms in total. The van der Waals surface area contributed by atoms with Gasteiger partial charge < -0.3 is 10.2 Å². The molecule has 0 saturated carbocycles. The van der Waals surface area contributed by atoms with Crippen molar-refractivity contribution in [3.05, 3.63) is 0 Å². The molecular weight excluding hydrogens is 188 g/mol. The minimum Gasteiger partial charge on any atom is -0.359 e. The summed E-state index contributed by atoms with van der Waals surface area (Å²) in [6.07, 6.45) is 0.545. The van der Waals surface area contributed by atoms with Crippen LogP contribution in [0.4, 0.5) is 0 Å². The van der Waals surface area contributed by atoms with Gasteiger partial charge in [-0.15, -0.1) is 0 Å². The highest BCUT2D eigenvalue weighted by Gasteiger charge is 2.15. The summed E-state index contributed by atoms with van der Waals surface area (Å²) < 4.78 is 11.0. The monoisotopic (exact) mass is 204 g/mol. The first-order valence-corrected chi connectivity index (χ1v) is 5.99. The normalized spacial score (nSPS) is 20.1. The minimum atomic E-state index is -0.619. The molecule has 0 aromatic rings. The molecule has 5 heteroatoms. The van der Waals surface area contributed by atoms with E-state index in [1.807, 2.05) is 0 Å². The van der Waals surface area contributed by atoms with E-state index in [9.17, 15) is 9.00 Å². The van der Waals surface area contributed by atoms with Crippen LogP contribution in [0, 0.1) is 0 Å². The van der Waals surface area contributed by atoms with E-state index in [0.717, 1.165) is 31.1 Å². The third-order valence-corrected chi connectivity index (χ3v) is 3.48. The molecule has 1 aliphatic rings. The van der Waals surface area contributed by atoms with Crippen molar-refractivity contribution in [1.29, 1.82) is 0 Å². The van der Waals surface area contributed by atoms with Crippen molar-refractivity contribution in [2.45, 2.75) is 6.42 Å². The van der Waals surface area contributed by atoms with Gasteiger partial charge in [-0.05, 0) is 0 Å². The number of hydrogen-bond acceptors (Lipinski definition) is 3. The van der Waals surface area contributed by atoms with E-state index in [1.54, 1.807) is 7.05 Å². The summed E-state index contributed by atoms with van der Waals surface area (Å²) in [7, 11) is 1.03. The first-order valence-electron chi connectivity index (χ1n) is 4.50. The topological polar surface area (TPSA) is 49.4 Å². The van der Waals surface area contributed by atoms with Gasteiger partial charge in [0.2, 0.25) is 5.91 Å². The smallest absolute Gasteiger partial charge is 0.221 e. The number of hydrogen-bond donors (Lipinski definition) is 1. The van der Waals surface area contributed by atoms with E-state index in [4.69, 9.17) is 0 Å².